The number of benzene rings is 3. The Morgan fingerprint density at radius 1 is 1.00 bits per heavy atom. The number of hydrogen-bond donors (Lipinski definition) is 2. The molecule has 0 radical (unpaired) electrons. The molecule has 0 spiro atoms. The number of aliphatic hydroxyl groups is 1. The van der Waals surface area contributed by atoms with Gasteiger partial charge in [0.2, 0.25) is 0 Å². The first-order valence-electron chi connectivity index (χ1n) is 12.6. The Morgan fingerprint density at radius 3 is 2.42 bits per heavy atom. The van der Waals surface area contributed by atoms with Gasteiger partial charge in [0, 0.05) is 19.4 Å². The van der Waals surface area contributed by atoms with Crippen LogP contribution in [0.4, 0.5) is 5.69 Å². The monoisotopic (exact) mass is 537 g/mol. The Balaban J connectivity index is 1.66. The summed E-state index contributed by atoms with van der Waals surface area (Å²) in [5, 5.41) is 19.4. The number of nitrogens with zero attached hydrogens (tertiary/aromatic N) is 1. The number of carboxylic acids is 1. The second kappa shape index (κ2) is 13.8. The van der Waals surface area contributed by atoms with Crippen LogP contribution in [0.5, 0.6) is 5.75 Å². The third kappa shape index (κ3) is 8.46. The van der Waals surface area contributed by atoms with E-state index in [1.807, 2.05) is 38.1 Å². The quantitative estimate of drug-likeness (QED) is 0.285. The minimum Gasteiger partial charge on any atom is -0.493 e. The molecule has 0 aliphatic carbocycles. The van der Waals surface area contributed by atoms with Crippen molar-refractivity contribution < 1.29 is 28.2 Å². The molecule has 0 saturated heterocycles. The van der Waals surface area contributed by atoms with Crippen LogP contribution in [0.3, 0.4) is 0 Å². The number of sulfonamides is 1. The van der Waals surface area contributed by atoms with Gasteiger partial charge in [-0.25, -0.2) is 8.42 Å². The Morgan fingerprint density at radius 2 is 1.71 bits per heavy atom. The summed E-state index contributed by atoms with van der Waals surface area (Å²) < 4.78 is 34.0. The van der Waals surface area contributed by atoms with Crippen LogP contribution in [0.15, 0.2) is 89.8 Å². The molecule has 3 aromatic carbocycles. The molecule has 38 heavy (non-hydrogen) atoms. The lowest BCUT2D eigenvalue weighted by Gasteiger charge is -2.26. The van der Waals surface area contributed by atoms with Crippen LogP contribution >= 0.6 is 0 Å². The topological polar surface area (TPSA) is 104 Å². The number of aryl methyl sites for hydroxylation is 1. The lowest BCUT2D eigenvalue weighted by Crippen LogP contribution is -2.34. The molecular weight excluding hydrogens is 502 g/mol. The first-order chi connectivity index (χ1) is 18.2. The summed E-state index contributed by atoms with van der Waals surface area (Å²) in [5.41, 5.74) is 2.13. The van der Waals surface area contributed by atoms with Gasteiger partial charge >= 0.3 is 5.97 Å². The van der Waals surface area contributed by atoms with Gasteiger partial charge in [-0.3, -0.25) is 9.10 Å². The van der Waals surface area contributed by atoms with Crippen molar-refractivity contribution in [2.45, 2.75) is 44.1 Å². The molecule has 0 heterocycles. The van der Waals surface area contributed by atoms with Crippen molar-refractivity contribution in [3.05, 3.63) is 96.1 Å². The zero-order valence-electron chi connectivity index (χ0n) is 21.7. The average Bonchev–Trinajstić information content (AvgIpc) is 2.90. The number of carbonyl (C=O) groups is 1. The molecule has 1 atom stereocenters. The van der Waals surface area contributed by atoms with Gasteiger partial charge < -0.3 is 14.9 Å². The SMILES string of the molecule is CC(C)CN(c1cccc(/C=C/C(O)CCOc2ccccc2CCC(=O)O)c1)S(=O)(=O)c1ccccc1. The molecule has 3 aromatic rings. The van der Waals surface area contributed by atoms with E-state index >= 15 is 0 Å². The summed E-state index contributed by atoms with van der Waals surface area (Å²) in [6, 6.07) is 22.9. The first-order valence-corrected chi connectivity index (χ1v) is 14.1. The number of aliphatic hydroxyl groups excluding tert-OH is 1. The number of aliphatic carboxylic acids is 1. The third-order valence-electron chi connectivity index (χ3n) is 5.78. The second-order valence-corrected chi connectivity index (χ2v) is 11.3. The lowest BCUT2D eigenvalue weighted by molar-refractivity contribution is -0.136. The first kappa shape index (κ1) is 28.9. The maximum atomic E-state index is 13.4. The van der Waals surface area contributed by atoms with Crippen LogP contribution in [0.1, 0.15) is 37.8 Å². The van der Waals surface area contributed by atoms with E-state index in [0.717, 1.165) is 11.1 Å². The van der Waals surface area contributed by atoms with E-state index < -0.39 is 22.1 Å². The zero-order chi connectivity index (χ0) is 27.5. The van der Waals surface area contributed by atoms with Gasteiger partial charge in [-0.05, 0) is 53.8 Å². The van der Waals surface area contributed by atoms with Crippen molar-refractivity contribution in [3.63, 3.8) is 0 Å². The van der Waals surface area contributed by atoms with Gasteiger partial charge in [0.1, 0.15) is 5.75 Å². The number of carboxylic acid groups (broad SMARTS) is 1. The average molecular weight is 538 g/mol. The van der Waals surface area contributed by atoms with E-state index in [1.54, 1.807) is 66.7 Å². The van der Waals surface area contributed by atoms with E-state index in [0.29, 0.717) is 30.8 Å². The van der Waals surface area contributed by atoms with Crippen LogP contribution in [0.25, 0.3) is 6.08 Å². The molecule has 8 heteroatoms. The largest absolute Gasteiger partial charge is 0.493 e. The highest BCUT2D eigenvalue weighted by atomic mass is 32.2. The van der Waals surface area contributed by atoms with Crippen LogP contribution in [0, 0.1) is 5.92 Å². The highest BCUT2D eigenvalue weighted by molar-refractivity contribution is 7.92. The normalized spacial score (nSPS) is 12.5. The van der Waals surface area contributed by atoms with Crippen LogP contribution in [-0.2, 0) is 21.2 Å². The van der Waals surface area contributed by atoms with Gasteiger partial charge in [0.05, 0.1) is 23.3 Å². The predicted molar refractivity (Wildman–Crippen MR) is 150 cm³/mol. The molecule has 7 nitrogen and oxygen atoms in total. The second-order valence-electron chi connectivity index (χ2n) is 9.40. The van der Waals surface area contributed by atoms with Crippen LogP contribution in [-0.4, -0.2) is 43.9 Å². The molecule has 0 fully saturated rings. The standard InChI is InChI=1S/C30H35NO6S/c1-23(2)22-31(38(35,36)28-12-4-3-5-13-28)26-11-8-9-24(21-26)15-17-27(32)19-20-37-29-14-7-6-10-25(29)16-18-30(33)34/h3-15,17,21,23,27,32H,16,18-20,22H2,1-2H3,(H,33,34)/b17-15+. The Labute approximate surface area is 225 Å². The van der Waals surface area contributed by atoms with Crippen molar-refractivity contribution in [2.24, 2.45) is 5.92 Å². The fourth-order valence-electron chi connectivity index (χ4n) is 3.88. The van der Waals surface area contributed by atoms with Gasteiger partial charge in [0.25, 0.3) is 10.0 Å². The smallest absolute Gasteiger partial charge is 0.303 e. The van der Waals surface area contributed by atoms with E-state index in [-0.39, 0.29) is 23.8 Å². The summed E-state index contributed by atoms with van der Waals surface area (Å²) in [6.45, 7) is 4.53. The molecule has 0 saturated carbocycles. The lowest BCUT2D eigenvalue weighted by atomic mass is 10.1. The van der Waals surface area contributed by atoms with Gasteiger partial charge in [-0.15, -0.1) is 0 Å². The number of anilines is 1. The van der Waals surface area contributed by atoms with Crippen molar-refractivity contribution in [1.82, 2.24) is 0 Å². The third-order valence-corrected chi connectivity index (χ3v) is 7.59. The number of hydrogen-bond acceptors (Lipinski definition) is 5. The van der Waals surface area contributed by atoms with Crippen molar-refractivity contribution in [3.8, 4) is 5.75 Å². The highest BCUT2D eigenvalue weighted by Gasteiger charge is 2.25. The molecule has 0 amide bonds. The van der Waals surface area contributed by atoms with Gasteiger partial charge in [-0.2, -0.15) is 0 Å². The molecule has 0 bridgehead atoms. The highest BCUT2D eigenvalue weighted by Crippen LogP contribution is 2.26. The minimum absolute atomic E-state index is 0.0199. The van der Waals surface area contributed by atoms with E-state index in [4.69, 9.17) is 9.84 Å². The summed E-state index contributed by atoms with van der Waals surface area (Å²) in [5.74, 6) is -0.138. The molecule has 0 aliphatic heterocycles. The van der Waals surface area contributed by atoms with Crippen LogP contribution < -0.4 is 9.04 Å². The Bertz CT molecular complexity index is 1320. The molecule has 0 aliphatic rings. The van der Waals surface area contributed by atoms with E-state index in [1.165, 1.54) is 4.31 Å². The molecule has 1 unspecified atom stereocenters. The number of rotatable bonds is 14. The molecule has 202 valence electrons. The fourth-order valence-corrected chi connectivity index (χ4v) is 5.52. The molecule has 2 N–H and O–H groups in total. The molecular formula is C30H35NO6S. The maximum absolute atomic E-state index is 13.4. The van der Waals surface area contributed by atoms with Crippen molar-refractivity contribution in [2.75, 3.05) is 17.5 Å². The number of para-hydroxylation sites is 1. The maximum Gasteiger partial charge on any atom is 0.303 e. The Kier molecular flexibility index (Phi) is 10.5. The van der Waals surface area contributed by atoms with E-state index in [9.17, 15) is 18.3 Å². The zero-order valence-corrected chi connectivity index (χ0v) is 22.5. The van der Waals surface area contributed by atoms with Crippen molar-refractivity contribution in [1.29, 1.82) is 0 Å². The molecule has 0 aromatic heterocycles. The summed E-state index contributed by atoms with van der Waals surface area (Å²) in [6.07, 6.45) is 3.37. The predicted octanol–water partition coefficient (Wildman–Crippen LogP) is 5.40. The van der Waals surface area contributed by atoms with Gasteiger partial charge in [0.15, 0.2) is 0 Å². The summed E-state index contributed by atoms with van der Waals surface area (Å²) >= 11 is 0. The number of ether oxygens (including phenoxy) is 1. The fraction of sp³-hybridized carbons (Fsp3) is 0.300. The Hall–Kier alpha value is -3.62. The van der Waals surface area contributed by atoms with Gasteiger partial charge in [-0.1, -0.05) is 74.5 Å². The molecule has 3 rings (SSSR count). The van der Waals surface area contributed by atoms with Crippen LogP contribution in [0.2, 0.25) is 0 Å². The minimum atomic E-state index is -3.74. The van der Waals surface area contributed by atoms with E-state index in [2.05, 4.69) is 0 Å². The summed E-state index contributed by atoms with van der Waals surface area (Å²) in [7, 11) is -3.74. The van der Waals surface area contributed by atoms with Crippen molar-refractivity contribution >= 4 is 27.8 Å². The summed E-state index contributed by atoms with van der Waals surface area (Å²) in [4.78, 5) is 11.1.